The fourth-order valence-electron chi connectivity index (χ4n) is 1.24. The van der Waals surface area contributed by atoms with Gasteiger partial charge in [-0.3, -0.25) is 0 Å². The van der Waals surface area contributed by atoms with Gasteiger partial charge in [0.2, 0.25) is 0 Å². The van der Waals surface area contributed by atoms with E-state index < -0.39 is 4.51 Å². The minimum atomic E-state index is -1.11. The van der Waals surface area contributed by atoms with Crippen LogP contribution in [0.5, 0.6) is 0 Å². The fourth-order valence-corrected chi connectivity index (χ4v) is 1.81. The highest BCUT2D eigenvalue weighted by Gasteiger charge is 2.23. The average Bonchev–Trinajstić information content (AvgIpc) is 2.45. The van der Waals surface area contributed by atoms with Crippen molar-refractivity contribution < 1.29 is 9.52 Å². The minimum Gasteiger partial charge on any atom is -0.457 e. The van der Waals surface area contributed by atoms with E-state index in [-0.39, 0.29) is 0 Å². The molecule has 0 fully saturated rings. The molecule has 4 heteroatoms. The summed E-state index contributed by atoms with van der Waals surface area (Å²) in [6, 6.07) is 7.52. The van der Waals surface area contributed by atoms with Crippen molar-refractivity contribution in [1.29, 1.82) is 0 Å². The van der Waals surface area contributed by atoms with Crippen molar-refractivity contribution in [3.05, 3.63) is 34.5 Å². The zero-order valence-electron chi connectivity index (χ0n) is 7.42. The Morgan fingerprint density at radius 1 is 1.36 bits per heavy atom. The standard InChI is InChI=1S/C10H8Br2O2/c1-10(12,13)9-5-6-4-7(11)2-3-8(6)14-9/h2-5,13H,1H3. The molecule has 0 amide bonds. The summed E-state index contributed by atoms with van der Waals surface area (Å²) in [6.45, 7) is 1.62. The van der Waals surface area contributed by atoms with E-state index in [9.17, 15) is 5.11 Å². The van der Waals surface area contributed by atoms with Crippen molar-refractivity contribution in [3.63, 3.8) is 0 Å². The number of benzene rings is 1. The third kappa shape index (κ3) is 1.87. The zero-order valence-corrected chi connectivity index (χ0v) is 10.6. The normalized spacial score (nSPS) is 15.7. The maximum atomic E-state index is 9.67. The monoisotopic (exact) mass is 318 g/mol. The molecule has 1 aromatic heterocycles. The Labute approximate surface area is 98.2 Å². The Balaban J connectivity index is 2.63. The smallest absolute Gasteiger partial charge is 0.174 e. The molecule has 0 saturated carbocycles. The number of alkyl halides is 1. The zero-order chi connectivity index (χ0) is 10.3. The van der Waals surface area contributed by atoms with Crippen LogP contribution in [0.2, 0.25) is 0 Å². The molecule has 14 heavy (non-hydrogen) atoms. The van der Waals surface area contributed by atoms with Gasteiger partial charge in [0, 0.05) is 9.86 Å². The van der Waals surface area contributed by atoms with Gasteiger partial charge in [-0.25, -0.2) is 0 Å². The Bertz CT molecular complexity index is 468. The van der Waals surface area contributed by atoms with Gasteiger partial charge in [-0.1, -0.05) is 15.9 Å². The molecule has 0 aliphatic rings. The first kappa shape index (κ1) is 10.2. The molecule has 0 spiro atoms. The van der Waals surface area contributed by atoms with Crippen molar-refractivity contribution in [2.24, 2.45) is 0 Å². The van der Waals surface area contributed by atoms with E-state index >= 15 is 0 Å². The van der Waals surface area contributed by atoms with Gasteiger partial charge in [0.25, 0.3) is 0 Å². The predicted molar refractivity (Wildman–Crippen MR) is 62.4 cm³/mol. The molecule has 1 unspecified atom stereocenters. The van der Waals surface area contributed by atoms with Crippen LogP contribution in [-0.2, 0) is 4.51 Å². The SMILES string of the molecule is CC(O)(Br)c1cc2cc(Br)ccc2o1. The lowest BCUT2D eigenvalue weighted by Crippen LogP contribution is -2.08. The Hall–Kier alpha value is -0.320. The Morgan fingerprint density at radius 3 is 2.71 bits per heavy atom. The van der Waals surface area contributed by atoms with Gasteiger partial charge >= 0.3 is 0 Å². The summed E-state index contributed by atoms with van der Waals surface area (Å²) in [6.07, 6.45) is 0. The highest BCUT2D eigenvalue weighted by atomic mass is 79.9. The number of furan rings is 1. The third-order valence-electron chi connectivity index (χ3n) is 1.93. The molecule has 1 aromatic carbocycles. The molecule has 74 valence electrons. The highest BCUT2D eigenvalue weighted by molar-refractivity contribution is 9.10. The van der Waals surface area contributed by atoms with Gasteiger partial charge in [0.15, 0.2) is 4.51 Å². The molecule has 1 heterocycles. The summed E-state index contributed by atoms with van der Waals surface area (Å²) in [5, 5.41) is 10.6. The number of hydrogen-bond acceptors (Lipinski definition) is 2. The summed E-state index contributed by atoms with van der Waals surface area (Å²) < 4.78 is 5.35. The average molecular weight is 320 g/mol. The second kappa shape index (κ2) is 3.36. The van der Waals surface area contributed by atoms with Crippen molar-refractivity contribution >= 4 is 42.8 Å². The van der Waals surface area contributed by atoms with Crippen LogP contribution in [0.1, 0.15) is 12.7 Å². The number of hydrogen-bond donors (Lipinski definition) is 1. The predicted octanol–water partition coefficient (Wildman–Crippen LogP) is 3.76. The molecule has 2 aromatic rings. The molecule has 0 saturated heterocycles. The molecule has 2 nitrogen and oxygen atoms in total. The van der Waals surface area contributed by atoms with Gasteiger partial charge < -0.3 is 9.52 Å². The quantitative estimate of drug-likeness (QED) is 0.812. The molecule has 1 atom stereocenters. The summed E-state index contributed by atoms with van der Waals surface area (Å²) in [7, 11) is 0. The molecule has 0 aliphatic carbocycles. The number of halogens is 2. The molecule has 0 bridgehead atoms. The molecule has 0 radical (unpaired) electrons. The van der Waals surface area contributed by atoms with Crippen LogP contribution in [0, 0.1) is 0 Å². The number of aliphatic hydroxyl groups is 1. The van der Waals surface area contributed by atoms with E-state index in [2.05, 4.69) is 31.9 Å². The van der Waals surface area contributed by atoms with Crippen LogP contribution < -0.4 is 0 Å². The second-order valence-corrected chi connectivity index (χ2v) is 5.71. The van der Waals surface area contributed by atoms with Crippen LogP contribution in [0.3, 0.4) is 0 Å². The minimum absolute atomic E-state index is 0.505. The second-order valence-electron chi connectivity index (χ2n) is 3.25. The topological polar surface area (TPSA) is 33.4 Å². The van der Waals surface area contributed by atoms with Gasteiger partial charge in [-0.15, -0.1) is 0 Å². The van der Waals surface area contributed by atoms with Crippen molar-refractivity contribution in [2.45, 2.75) is 11.4 Å². The van der Waals surface area contributed by atoms with Crippen LogP contribution >= 0.6 is 31.9 Å². The van der Waals surface area contributed by atoms with E-state index in [0.717, 1.165) is 15.4 Å². The van der Waals surface area contributed by atoms with Crippen LogP contribution in [0.4, 0.5) is 0 Å². The summed E-state index contributed by atoms with van der Waals surface area (Å²) in [4.78, 5) is 0. The fraction of sp³-hybridized carbons (Fsp3) is 0.200. The first-order chi connectivity index (χ1) is 6.47. The first-order valence-electron chi connectivity index (χ1n) is 4.08. The molecular formula is C10H8Br2O2. The van der Waals surface area contributed by atoms with Gasteiger partial charge in [-0.05, 0) is 47.1 Å². The summed E-state index contributed by atoms with van der Waals surface area (Å²) >= 11 is 6.51. The molecule has 1 N–H and O–H groups in total. The van der Waals surface area contributed by atoms with Crippen molar-refractivity contribution in [3.8, 4) is 0 Å². The maximum Gasteiger partial charge on any atom is 0.174 e. The lowest BCUT2D eigenvalue weighted by Gasteiger charge is -2.09. The first-order valence-corrected chi connectivity index (χ1v) is 5.66. The van der Waals surface area contributed by atoms with E-state index in [4.69, 9.17) is 4.42 Å². The maximum absolute atomic E-state index is 9.67. The van der Waals surface area contributed by atoms with E-state index in [1.807, 2.05) is 24.3 Å². The third-order valence-corrected chi connectivity index (χ3v) is 2.81. The number of fused-ring (bicyclic) bond motifs is 1. The Kier molecular flexibility index (Phi) is 2.45. The van der Waals surface area contributed by atoms with E-state index in [1.165, 1.54) is 0 Å². The molecular weight excluding hydrogens is 312 g/mol. The van der Waals surface area contributed by atoms with Crippen LogP contribution in [0.15, 0.2) is 33.2 Å². The van der Waals surface area contributed by atoms with Gasteiger partial charge in [-0.2, -0.15) is 0 Å². The van der Waals surface area contributed by atoms with Crippen LogP contribution in [0.25, 0.3) is 11.0 Å². The van der Waals surface area contributed by atoms with Crippen LogP contribution in [-0.4, -0.2) is 5.11 Å². The highest BCUT2D eigenvalue weighted by Crippen LogP contribution is 2.33. The molecule has 2 rings (SSSR count). The van der Waals surface area contributed by atoms with E-state index in [0.29, 0.717) is 5.76 Å². The lowest BCUT2D eigenvalue weighted by atomic mass is 10.2. The van der Waals surface area contributed by atoms with Gasteiger partial charge in [0.05, 0.1) is 0 Å². The molecule has 0 aliphatic heterocycles. The number of rotatable bonds is 1. The van der Waals surface area contributed by atoms with E-state index in [1.54, 1.807) is 6.92 Å². The summed E-state index contributed by atoms with van der Waals surface area (Å²) in [5.41, 5.74) is 0.767. The van der Waals surface area contributed by atoms with Crippen molar-refractivity contribution in [2.75, 3.05) is 0 Å². The largest absolute Gasteiger partial charge is 0.457 e. The lowest BCUT2D eigenvalue weighted by molar-refractivity contribution is 0.141. The van der Waals surface area contributed by atoms with Crippen molar-refractivity contribution in [1.82, 2.24) is 0 Å². The van der Waals surface area contributed by atoms with Gasteiger partial charge in [0.1, 0.15) is 11.3 Å². The summed E-state index contributed by atoms with van der Waals surface area (Å²) in [5.74, 6) is 0.505. The Morgan fingerprint density at radius 2 is 2.07 bits per heavy atom.